The lowest BCUT2D eigenvalue weighted by atomic mass is 10.1. The van der Waals surface area contributed by atoms with E-state index in [0.29, 0.717) is 30.0 Å². The number of amides is 2. The number of fused-ring (bicyclic) bond motifs is 1. The number of halogens is 1. The lowest BCUT2D eigenvalue weighted by Gasteiger charge is -2.35. The number of hydrogen-bond donors (Lipinski definition) is 1. The molecule has 0 radical (unpaired) electrons. The predicted octanol–water partition coefficient (Wildman–Crippen LogP) is 4.48. The van der Waals surface area contributed by atoms with Crippen molar-refractivity contribution in [2.24, 2.45) is 0 Å². The van der Waals surface area contributed by atoms with Gasteiger partial charge in [-0.05, 0) is 60.9 Å². The van der Waals surface area contributed by atoms with Crippen molar-refractivity contribution in [3.05, 3.63) is 126 Å². The molecule has 1 aliphatic rings. The monoisotopic (exact) mass is 601 g/mol. The molecule has 43 heavy (non-hydrogen) atoms. The molecule has 0 aromatic heterocycles. The summed E-state index contributed by atoms with van der Waals surface area (Å²) in [5.41, 5.74) is 2.92. The number of carbonyl (C=O) groups is 2. The second-order valence-corrected chi connectivity index (χ2v) is 12.3. The summed E-state index contributed by atoms with van der Waals surface area (Å²) in [6, 6.07) is 28.4. The van der Waals surface area contributed by atoms with Gasteiger partial charge in [-0.1, -0.05) is 72.3 Å². The molecule has 8 nitrogen and oxygen atoms in total. The van der Waals surface area contributed by atoms with Crippen LogP contribution in [0.3, 0.4) is 0 Å². The molecule has 4 aromatic rings. The molecule has 0 unspecified atom stereocenters. The first-order valence-electron chi connectivity index (χ1n) is 13.9. The number of hydrogen-bond acceptors (Lipinski definition) is 5. The average molecular weight is 602 g/mol. The summed E-state index contributed by atoms with van der Waals surface area (Å²) in [7, 11) is -4.12. The van der Waals surface area contributed by atoms with Gasteiger partial charge in [0.25, 0.3) is 5.91 Å². The standard InChI is InChI=1S/C33H32FN3O5S/c1-24-11-17-28(18-12-24)43(40,41)36(21-26-13-15-27(34)16-14-26)23-32(38)37-22-31(42-30-10-6-5-9-29(30)37)33(39)35-20-19-25-7-3-2-4-8-25/h2-18,31H,19-23H2,1H3,(H,35,39)/t31-/m0/s1. The first-order valence-corrected chi connectivity index (χ1v) is 15.3. The van der Waals surface area contributed by atoms with Crippen LogP contribution in [0, 0.1) is 12.7 Å². The third kappa shape index (κ3) is 7.28. The molecular formula is C33H32FN3O5S. The van der Waals surface area contributed by atoms with Crippen molar-refractivity contribution in [1.82, 2.24) is 9.62 Å². The van der Waals surface area contributed by atoms with Gasteiger partial charge in [-0.25, -0.2) is 12.8 Å². The summed E-state index contributed by atoms with van der Waals surface area (Å²) < 4.78 is 48.2. The highest BCUT2D eigenvalue weighted by Crippen LogP contribution is 2.33. The van der Waals surface area contributed by atoms with Crippen molar-refractivity contribution in [3.63, 3.8) is 0 Å². The van der Waals surface area contributed by atoms with E-state index in [1.165, 1.54) is 41.3 Å². The summed E-state index contributed by atoms with van der Waals surface area (Å²) in [6.07, 6.45) is -0.359. The summed E-state index contributed by atoms with van der Waals surface area (Å²) in [6.45, 7) is 1.47. The zero-order valence-corrected chi connectivity index (χ0v) is 24.5. The van der Waals surface area contributed by atoms with Gasteiger partial charge >= 0.3 is 0 Å². The quantitative estimate of drug-likeness (QED) is 0.289. The van der Waals surface area contributed by atoms with Gasteiger partial charge in [0.1, 0.15) is 11.6 Å². The molecule has 1 aliphatic heterocycles. The summed E-state index contributed by atoms with van der Waals surface area (Å²) in [4.78, 5) is 28.4. The van der Waals surface area contributed by atoms with Crippen LogP contribution in [-0.2, 0) is 32.6 Å². The Kier molecular flexibility index (Phi) is 9.18. The van der Waals surface area contributed by atoms with E-state index >= 15 is 0 Å². The molecule has 0 saturated carbocycles. The Labute approximate surface area is 250 Å². The van der Waals surface area contributed by atoms with Crippen LogP contribution in [0.4, 0.5) is 10.1 Å². The van der Waals surface area contributed by atoms with E-state index in [2.05, 4.69) is 5.32 Å². The highest BCUT2D eigenvalue weighted by atomic mass is 32.2. The lowest BCUT2D eigenvalue weighted by Crippen LogP contribution is -2.53. The van der Waals surface area contributed by atoms with E-state index in [0.717, 1.165) is 15.4 Å². The van der Waals surface area contributed by atoms with Gasteiger partial charge in [-0.2, -0.15) is 4.31 Å². The molecule has 1 heterocycles. The number of anilines is 1. The van der Waals surface area contributed by atoms with Crippen molar-refractivity contribution >= 4 is 27.5 Å². The van der Waals surface area contributed by atoms with Crippen molar-refractivity contribution in [2.45, 2.75) is 30.9 Å². The van der Waals surface area contributed by atoms with Crippen LogP contribution in [-0.4, -0.2) is 50.3 Å². The molecule has 0 saturated heterocycles. The predicted molar refractivity (Wildman–Crippen MR) is 162 cm³/mol. The maximum atomic E-state index is 13.9. The molecule has 0 bridgehead atoms. The van der Waals surface area contributed by atoms with E-state index < -0.39 is 34.4 Å². The third-order valence-corrected chi connectivity index (χ3v) is 8.97. The van der Waals surface area contributed by atoms with Gasteiger partial charge in [0, 0.05) is 13.1 Å². The Morgan fingerprint density at radius 2 is 1.58 bits per heavy atom. The maximum absolute atomic E-state index is 13.9. The number of benzene rings is 4. The molecular weight excluding hydrogens is 569 g/mol. The minimum absolute atomic E-state index is 0.0334. The molecule has 1 atom stereocenters. The Morgan fingerprint density at radius 1 is 0.907 bits per heavy atom. The lowest BCUT2D eigenvalue weighted by molar-refractivity contribution is -0.128. The van der Waals surface area contributed by atoms with E-state index in [-0.39, 0.29) is 23.9 Å². The Morgan fingerprint density at radius 3 is 2.30 bits per heavy atom. The molecule has 10 heteroatoms. The Bertz CT molecular complexity index is 1680. The van der Waals surface area contributed by atoms with Crippen molar-refractivity contribution < 1.29 is 27.1 Å². The number of sulfonamides is 1. The summed E-state index contributed by atoms with van der Waals surface area (Å²) >= 11 is 0. The van der Waals surface area contributed by atoms with E-state index in [1.54, 1.807) is 36.4 Å². The van der Waals surface area contributed by atoms with Gasteiger partial charge in [-0.3, -0.25) is 9.59 Å². The van der Waals surface area contributed by atoms with Crippen molar-refractivity contribution in [2.75, 3.05) is 24.5 Å². The second kappa shape index (κ2) is 13.2. The fraction of sp³-hybridized carbons (Fsp3) is 0.212. The number of nitrogens with zero attached hydrogens (tertiary/aromatic N) is 2. The SMILES string of the molecule is Cc1ccc(S(=O)(=O)N(CC(=O)N2C[C@@H](C(=O)NCCc3ccccc3)Oc3ccccc32)Cc2ccc(F)cc2)cc1. The van der Waals surface area contributed by atoms with Crippen LogP contribution < -0.4 is 15.0 Å². The topological polar surface area (TPSA) is 96.0 Å². The Hall–Kier alpha value is -4.54. The zero-order valence-electron chi connectivity index (χ0n) is 23.6. The van der Waals surface area contributed by atoms with Crippen molar-refractivity contribution in [3.8, 4) is 5.75 Å². The fourth-order valence-corrected chi connectivity index (χ4v) is 6.19. The number of carbonyl (C=O) groups excluding carboxylic acids is 2. The highest BCUT2D eigenvalue weighted by molar-refractivity contribution is 7.89. The molecule has 2 amide bonds. The first-order chi connectivity index (χ1) is 20.7. The molecule has 0 aliphatic carbocycles. The van der Waals surface area contributed by atoms with Crippen LogP contribution in [0.1, 0.15) is 16.7 Å². The third-order valence-electron chi connectivity index (χ3n) is 7.17. The molecule has 222 valence electrons. The normalized spacial score (nSPS) is 14.6. The molecule has 1 N–H and O–H groups in total. The fourth-order valence-electron chi connectivity index (χ4n) is 4.81. The number of aryl methyl sites for hydroxylation is 1. The van der Waals surface area contributed by atoms with E-state index in [4.69, 9.17) is 4.74 Å². The number of para-hydroxylation sites is 2. The minimum atomic E-state index is -4.12. The number of nitrogens with one attached hydrogen (secondary N) is 1. The van der Waals surface area contributed by atoms with Gasteiger partial charge < -0.3 is 15.0 Å². The van der Waals surface area contributed by atoms with Crippen LogP contribution in [0.2, 0.25) is 0 Å². The van der Waals surface area contributed by atoms with Gasteiger partial charge in [-0.15, -0.1) is 0 Å². The minimum Gasteiger partial charge on any atom is -0.477 e. The van der Waals surface area contributed by atoms with Crippen LogP contribution in [0.5, 0.6) is 5.75 Å². The van der Waals surface area contributed by atoms with Gasteiger partial charge in [0.15, 0.2) is 6.10 Å². The van der Waals surface area contributed by atoms with Crippen LogP contribution in [0.15, 0.2) is 108 Å². The first kappa shape index (κ1) is 29.9. The largest absolute Gasteiger partial charge is 0.477 e. The zero-order chi connectivity index (χ0) is 30.4. The number of rotatable bonds is 10. The van der Waals surface area contributed by atoms with E-state index in [1.807, 2.05) is 37.3 Å². The molecule has 0 spiro atoms. The smallest absolute Gasteiger partial charge is 0.262 e. The number of ether oxygens (including phenoxy) is 1. The second-order valence-electron chi connectivity index (χ2n) is 10.3. The maximum Gasteiger partial charge on any atom is 0.262 e. The van der Waals surface area contributed by atoms with Gasteiger partial charge in [0.05, 0.1) is 23.7 Å². The molecule has 0 fully saturated rings. The summed E-state index contributed by atoms with van der Waals surface area (Å²) in [5, 5.41) is 2.88. The van der Waals surface area contributed by atoms with Crippen LogP contribution >= 0.6 is 0 Å². The highest BCUT2D eigenvalue weighted by Gasteiger charge is 2.36. The Balaban J connectivity index is 1.37. The van der Waals surface area contributed by atoms with Crippen LogP contribution in [0.25, 0.3) is 0 Å². The van der Waals surface area contributed by atoms with Gasteiger partial charge in [0.2, 0.25) is 15.9 Å². The summed E-state index contributed by atoms with van der Waals surface area (Å²) in [5.74, 6) is -1.02. The molecule has 5 rings (SSSR count). The van der Waals surface area contributed by atoms with Crippen molar-refractivity contribution in [1.29, 1.82) is 0 Å². The molecule has 4 aromatic carbocycles. The average Bonchev–Trinajstić information content (AvgIpc) is 3.01. The van der Waals surface area contributed by atoms with E-state index in [9.17, 15) is 22.4 Å².